The highest BCUT2D eigenvalue weighted by Crippen LogP contribution is 2.38. The minimum atomic E-state index is -0.383. The van der Waals surface area contributed by atoms with Gasteiger partial charge >= 0.3 is 0 Å². The first kappa shape index (κ1) is 12.8. The predicted octanol–water partition coefficient (Wildman–Crippen LogP) is 3.64. The van der Waals surface area contributed by atoms with E-state index >= 15 is 0 Å². The summed E-state index contributed by atoms with van der Waals surface area (Å²) in [6, 6.07) is 10.5. The predicted molar refractivity (Wildman–Crippen MR) is 75.7 cm³/mol. The van der Waals surface area contributed by atoms with Gasteiger partial charge in [-0.25, -0.2) is 4.39 Å². The standard InChI is InChI=1S/C16H16FNO2/c1-20-16-8-5-10(9-13(16)17)18-14-7-6-12-11(14)3-2-4-15(12)19/h2-5,8-9,14,18-19H,6-7H2,1H3. The number of fused-ring (bicyclic) bond motifs is 1. The third-order valence-corrected chi connectivity index (χ3v) is 3.74. The lowest BCUT2D eigenvalue weighted by atomic mass is 10.1. The number of ether oxygens (including phenoxy) is 1. The molecule has 0 amide bonds. The van der Waals surface area contributed by atoms with Gasteiger partial charge in [0.2, 0.25) is 0 Å². The van der Waals surface area contributed by atoms with Crippen LogP contribution in [-0.4, -0.2) is 12.2 Å². The van der Waals surface area contributed by atoms with Gasteiger partial charge in [-0.2, -0.15) is 0 Å². The van der Waals surface area contributed by atoms with Gasteiger partial charge in [0.25, 0.3) is 0 Å². The lowest BCUT2D eigenvalue weighted by Gasteiger charge is -2.16. The number of nitrogens with one attached hydrogen (secondary N) is 1. The number of benzene rings is 2. The van der Waals surface area contributed by atoms with Crippen LogP contribution in [0.4, 0.5) is 10.1 Å². The van der Waals surface area contributed by atoms with Crippen LogP contribution in [0.5, 0.6) is 11.5 Å². The van der Waals surface area contributed by atoms with Crippen LogP contribution >= 0.6 is 0 Å². The minimum absolute atomic E-state index is 0.102. The molecule has 1 atom stereocenters. The number of halogens is 1. The van der Waals surface area contributed by atoms with Gasteiger partial charge in [0, 0.05) is 11.8 Å². The number of anilines is 1. The zero-order valence-corrected chi connectivity index (χ0v) is 11.2. The molecule has 0 heterocycles. The van der Waals surface area contributed by atoms with Gasteiger partial charge in [-0.15, -0.1) is 0 Å². The molecule has 0 spiro atoms. The minimum Gasteiger partial charge on any atom is -0.508 e. The van der Waals surface area contributed by atoms with Crippen LogP contribution in [0.25, 0.3) is 0 Å². The molecular weight excluding hydrogens is 257 g/mol. The van der Waals surface area contributed by atoms with Crippen LogP contribution in [0.2, 0.25) is 0 Å². The number of phenolic OH excluding ortho intramolecular Hbond substituents is 1. The van der Waals surface area contributed by atoms with Crippen molar-refractivity contribution in [3.63, 3.8) is 0 Å². The Morgan fingerprint density at radius 3 is 2.90 bits per heavy atom. The summed E-state index contributed by atoms with van der Waals surface area (Å²) < 4.78 is 18.6. The van der Waals surface area contributed by atoms with Crippen molar-refractivity contribution in [2.45, 2.75) is 18.9 Å². The first-order valence-electron chi connectivity index (χ1n) is 6.60. The third kappa shape index (κ3) is 2.18. The summed E-state index contributed by atoms with van der Waals surface area (Å²) in [5.74, 6) is 0.194. The summed E-state index contributed by atoms with van der Waals surface area (Å²) in [4.78, 5) is 0. The van der Waals surface area contributed by atoms with Crippen molar-refractivity contribution < 1.29 is 14.2 Å². The number of hydrogen-bond donors (Lipinski definition) is 2. The molecule has 0 radical (unpaired) electrons. The number of hydrogen-bond acceptors (Lipinski definition) is 3. The molecule has 1 unspecified atom stereocenters. The highest BCUT2D eigenvalue weighted by atomic mass is 19.1. The molecule has 104 valence electrons. The topological polar surface area (TPSA) is 41.5 Å². The van der Waals surface area contributed by atoms with E-state index in [1.54, 1.807) is 18.2 Å². The van der Waals surface area contributed by atoms with Gasteiger partial charge in [0.15, 0.2) is 11.6 Å². The summed E-state index contributed by atoms with van der Waals surface area (Å²) in [6.07, 6.45) is 1.72. The van der Waals surface area contributed by atoms with Crippen molar-refractivity contribution in [2.24, 2.45) is 0 Å². The first-order chi connectivity index (χ1) is 9.69. The van der Waals surface area contributed by atoms with Crippen molar-refractivity contribution in [2.75, 3.05) is 12.4 Å². The maximum atomic E-state index is 13.7. The van der Waals surface area contributed by atoms with Crippen LogP contribution in [0.15, 0.2) is 36.4 Å². The molecule has 0 bridgehead atoms. The Kier molecular flexibility index (Phi) is 3.22. The Bertz CT molecular complexity index is 642. The van der Waals surface area contributed by atoms with Crippen LogP contribution in [-0.2, 0) is 6.42 Å². The zero-order valence-electron chi connectivity index (χ0n) is 11.2. The first-order valence-corrected chi connectivity index (χ1v) is 6.60. The molecule has 0 aromatic heterocycles. The summed E-state index contributed by atoms with van der Waals surface area (Å²) in [7, 11) is 1.45. The molecule has 0 aliphatic heterocycles. The highest BCUT2D eigenvalue weighted by molar-refractivity contribution is 5.52. The Morgan fingerprint density at radius 2 is 2.15 bits per heavy atom. The smallest absolute Gasteiger partial charge is 0.167 e. The Hall–Kier alpha value is -2.23. The molecule has 20 heavy (non-hydrogen) atoms. The van der Waals surface area contributed by atoms with Gasteiger partial charge in [0.05, 0.1) is 13.2 Å². The SMILES string of the molecule is COc1ccc(NC2CCc3c(O)cccc32)cc1F. The van der Waals surface area contributed by atoms with Crippen LogP contribution in [0.1, 0.15) is 23.6 Å². The van der Waals surface area contributed by atoms with Crippen molar-refractivity contribution in [3.8, 4) is 11.5 Å². The zero-order chi connectivity index (χ0) is 14.1. The van der Waals surface area contributed by atoms with Crippen molar-refractivity contribution in [3.05, 3.63) is 53.3 Å². The molecule has 1 aliphatic rings. The second kappa shape index (κ2) is 5.04. The maximum Gasteiger partial charge on any atom is 0.167 e. The molecule has 1 aliphatic carbocycles. The number of aromatic hydroxyl groups is 1. The molecule has 0 saturated heterocycles. The molecule has 2 N–H and O–H groups in total. The molecule has 2 aromatic rings. The Morgan fingerprint density at radius 1 is 1.30 bits per heavy atom. The summed E-state index contributed by atoms with van der Waals surface area (Å²) in [6.45, 7) is 0. The number of rotatable bonds is 3. The van der Waals surface area contributed by atoms with E-state index in [9.17, 15) is 9.50 Å². The molecule has 0 saturated carbocycles. The second-order valence-electron chi connectivity index (χ2n) is 4.93. The normalized spacial score (nSPS) is 16.8. The average molecular weight is 273 g/mol. The van der Waals surface area contributed by atoms with E-state index < -0.39 is 0 Å². The highest BCUT2D eigenvalue weighted by Gasteiger charge is 2.24. The summed E-state index contributed by atoms with van der Waals surface area (Å²) in [5.41, 5.74) is 2.78. The van der Waals surface area contributed by atoms with E-state index in [2.05, 4.69) is 5.32 Å². The molecule has 3 rings (SSSR count). The summed E-state index contributed by atoms with van der Waals surface area (Å²) in [5, 5.41) is 13.1. The van der Waals surface area contributed by atoms with E-state index in [4.69, 9.17) is 4.74 Å². The molecular formula is C16H16FNO2. The largest absolute Gasteiger partial charge is 0.508 e. The van der Waals surface area contributed by atoms with Crippen molar-refractivity contribution in [1.29, 1.82) is 0 Å². The fourth-order valence-corrected chi connectivity index (χ4v) is 2.74. The average Bonchev–Trinajstić information content (AvgIpc) is 2.84. The van der Waals surface area contributed by atoms with Gasteiger partial charge in [-0.05, 0) is 42.2 Å². The van der Waals surface area contributed by atoms with Crippen LogP contribution in [0.3, 0.4) is 0 Å². The molecule has 4 heteroatoms. The summed E-state index contributed by atoms with van der Waals surface area (Å²) >= 11 is 0. The Labute approximate surface area is 117 Å². The lowest BCUT2D eigenvalue weighted by molar-refractivity contribution is 0.386. The lowest BCUT2D eigenvalue weighted by Crippen LogP contribution is -2.07. The van der Waals surface area contributed by atoms with Gasteiger partial charge in [-0.1, -0.05) is 12.1 Å². The number of phenols is 1. The fourth-order valence-electron chi connectivity index (χ4n) is 2.74. The molecule has 0 fully saturated rings. The van der Waals surface area contributed by atoms with Gasteiger partial charge in [-0.3, -0.25) is 0 Å². The third-order valence-electron chi connectivity index (χ3n) is 3.74. The van der Waals surface area contributed by atoms with Gasteiger partial charge in [0.1, 0.15) is 5.75 Å². The van der Waals surface area contributed by atoms with E-state index in [1.165, 1.54) is 13.2 Å². The fraction of sp³-hybridized carbons (Fsp3) is 0.250. The maximum absolute atomic E-state index is 13.7. The van der Waals surface area contributed by atoms with Crippen molar-refractivity contribution >= 4 is 5.69 Å². The van der Waals surface area contributed by atoms with E-state index in [0.29, 0.717) is 11.4 Å². The second-order valence-corrected chi connectivity index (χ2v) is 4.93. The number of methoxy groups -OCH3 is 1. The Balaban J connectivity index is 1.84. The van der Waals surface area contributed by atoms with E-state index in [0.717, 1.165) is 24.0 Å². The van der Waals surface area contributed by atoms with E-state index in [-0.39, 0.29) is 17.6 Å². The molecule has 3 nitrogen and oxygen atoms in total. The van der Waals surface area contributed by atoms with E-state index in [1.807, 2.05) is 12.1 Å². The van der Waals surface area contributed by atoms with Crippen molar-refractivity contribution in [1.82, 2.24) is 0 Å². The van der Waals surface area contributed by atoms with Crippen LogP contribution in [0, 0.1) is 5.82 Å². The quantitative estimate of drug-likeness (QED) is 0.897. The van der Waals surface area contributed by atoms with Gasteiger partial charge < -0.3 is 15.2 Å². The monoisotopic (exact) mass is 273 g/mol. The van der Waals surface area contributed by atoms with Crippen LogP contribution < -0.4 is 10.1 Å². The molecule has 2 aromatic carbocycles.